The molecule has 2 rings (SSSR count). The molecule has 0 aromatic heterocycles. The zero-order valence-corrected chi connectivity index (χ0v) is 61.8. The molecule has 14 nitrogen and oxygen atoms in total. The molecule has 0 saturated carbocycles. The molecule has 2 aliphatic rings. The van der Waals surface area contributed by atoms with Crippen LogP contribution in [0.1, 0.15) is 341 Å². The third-order valence-electron chi connectivity index (χ3n) is 19.4. The SMILES string of the molecule is CC/C=C\C/C=C\C/C=C\C/C=C\C/C=C\C/C=C\C/C=C\CCCCCCCCCCCCCC(=O)NC(COC1OC(CO)C(OC2OC(CO)C(O)C(O)C2O)C(O)C1O)C(O)CCCCCCCCCCCCCCCCCCCCCCCCCCCCCCCC. The van der Waals surface area contributed by atoms with Gasteiger partial charge in [-0.2, -0.15) is 0 Å². The first-order valence-electron chi connectivity index (χ1n) is 40.3. The van der Waals surface area contributed by atoms with Crippen LogP contribution in [0.3, 0.4) is 0 Å². The second-order valence-electron chi connectivity index (χ2n) is 28.2. The molecule has 0 aromatic carbocycles. The maximum atomic E-state index is 13.4. The van der Waals surface area contributed by atoms with Crippen LogP contribution in [0.5, 0.6) is 0 Å². The van der Waals surface area contributed by atoms with Gasteiger partial charge in [-0.3, -0.25) is 4.79 Å². The topological polar surface area (TPSA) is 228 Å². The Morgan fingerprint density at radius 3 is 1.09 bits per heavy atom. The molecule has 0 spiro atoms. The summed E-state index contributed by atoms with van der Waals surface area (Å²) in [6.07, 6.45) is 76.1. The third-order valence-corrected chi connectivity index (χ3v) is 19.4. The molecule has 0 aromatic rings. The smallest absolute Gasteiger partial charge is 0.220 e. The van der Waals surface area contributed by atoms with E-state index in [4.69, 9.17) is 18.9 Å². The predicted molar refractivity (Wildman–Crippen MR) is 401 cm³/mol. The number of allylic oxidation sites excluding steroid dienone is 14. The summed E-state index contributed by atoms with van der Waals surface area (Å²) >= 11 is 0. The predicted octanol–water partition coefficient (Wildman–Crippen LogP) is 18.3. The number of carbonyl (C=O) groups is 1. The van der Waals surface area contributed by atoms with Gasteiger partial charge in [-0.25, -0.2) is 0 Å². The molecule has 2 aliphatic heterocycles. The number of hydrogen-bond acceptors (Lipinski definition) is 13. The van der Waals surface area contributed by atoms with Crippen LogP contribution in [-0.2, 0) is 23.7 Å². The number of unbranched alkanes of at least 4 members (excludes halogenated alkanes) is 40. The summed E-state index contributed by atoms with van der Waals surface area (Å²) < 4.78 is 23.0. The molecule has 0 aliphatic carbocycles. The Morgan fingerprint density at radius 1 is 0.381 bits per heavy atom. The van der Waals surface area contributed by atoms with Crippen molar-refractivity contribution in [2.75, 3.05) is 19.8 Å². The van der Waals surface area contributed by atoms with Crippen molar-refractivity contribution in [3.63, 3.8) is 0 Å². The first-order valence-corrected chi connectivity index (χ1v) is 40.3. The molecule has 12 atom stereocenters. The first kappa shape index (κ1) is 90.3. The number of amides is 1. The lowest BCUT2D eigenvalue weighted by molar-refractivity contribution is -0.359. The lowest BCUT2D eigenvalue weighted by Gasteiger charge is -2.46. The third kappa shape index (κ3) is 49.4. The molecule has 2 saturated heterocycles. The van der Waals surface area contributed by atoms with Crippen molar-refractivity contribution in [3.05, 3.63) is 85.1 Å². The minimum Gasteiger partial charge on any atom is -0.394 e. The van der Waals surface area contributed by atoms with Gasteiger partial charge in [0.15, 0.2) is 12.6 Å². The van der Waals surface area contributed by atoms with Crippen LogP contribution >= 0.6 is 0 Å². The summed E-state index contributed by atoms with van der Waals surface area (Å²) in [4.78, 5) is 13.4. The maximum absolute atomic E-state index is 13.4. The second kappa shape index (κ2) is 66.4. The van der Waals surface area contributed by atoms with E-state index >= 15 is 0 Å². The number of carbonyl (C=O) groups excluding carboxylic acids is 1. The van der Waals surface area contributed by atoms with Gasteiger partial charge in [0.2, 0.25) is 5.91 Å². The quantitative estimate of drug-likeness (QED) is 0.0204. The molecule has 564 valence electrons. The van der Waals surface area contributed by atoms with Crippen molar-refractivity contribution in [2.24, 2.45) is 0 Å². The Kier molecular flexibility index (Phi) is 61.8. The van der Waals surface area contributed by atoms with Crippen LogP contribution in [0.2, 0.25) is 0 Å². The molecule has 2 fully saturated rings. The summed E-state index contributed by atoms with van der Waals surface area (Å²) in [5, 5.41) is 87.9. The van der Waals surface area contributed by atoms with Gasteiger partial charge in [-0.05, 0) is 70.6 Å². The van der Waals surface area contributed by atoms with Crippen LogP contribution in [0.4, 0.5) is 0 Å². The van der Waals surface area contributed by atoms with Gasteiger partial charge < -0.3 is 65.1 Å². The first-order chi connectivity index (χ1) is 47.6. The van der Waals surface area contributed by atoms with E-state index in [9.17, 15) is 45.6 Å². The fourth-order valence-electron chi connectivity index (χ4n) is 13.0. The van der Waals surface area contributed by atoms with Crippen molar-refractivity contribution < 1.29 is 64.6 Å². The van der Waals surface area contributed by atoms with Crippen molar-refractivity contribution >= 4 is 5.91 Å². The molecular weight excluding hydrogens is 1220 g/mol. The fraction of sp³-hybridized carbons (Fsp3) is 0.819. The molecule has 97 heavy (non-hydrogen) atoms. The van der Waals surface area contributed by atoms with Crippen molar-refractivity contribution in [1.82, 2.24) is 5.32 Å². The Hall–Kier alpha value is -2.83. The minimum absolute atomic E-state index is 0.208. The maximum Gasteiger partial charge on any atom is 0.220 e. The molecule has 12 unspecified atom stereocenters. The standard InChI is InChI=1S/C83H149NO13/c1-3-5-7-9-11-13-15-17-19-21-23-25-27-29-31-33-35-36-37-39-41-43-45-47-49-51-53-55-57-59-61-63-65-67-75(88)84-71(70-94-82-80(93)78(91)81(74(69-86)96-82)97-83-79(92)77(90)76(89)73(68-85)95-83)72(87)66-64-62-60-58-56-54-52-50-48-46-44-42-40-38-34-32-30-28-26-24-22-20-18-16-14-12-10-8-6-4-2/h5,7,11,13,17,19,23,25,29,31,35-36,39,41,71-74,76-83,85-87,89-93H,3-4,6,8-10,12,14-16,18,20-22,24,26-28,30,32-34,37-38,40,42-70H2,1-2H3,(H,84,88)/b7-5-,13-11-,19-17-,25-23-,31-29-,36-35-,41-39-. The number of aliphatic hydroxyl groups is 8. The van der Waals surface area contributed by atoms with E-state index in [-0.39, 0.29) is 12.5 Å². The van der Waals surface area contributed by atoms with Crippen LogP contribution < -0.4 is 5.32 Å². The molecule has 14 heteroatoms. The highest BCUT2D eigenvalue weighted by Gasteiger charge is 2.51. The van der Waals surface area contributed by atoms with E-state index in [0.29, 0.717) is 12.8 Å². The zero-order valence-electron chi connectivity index (χ0n) is 61.8. The van der Waals surface area contributed by atoms with Crippen molar-refractivity contribution in [3.8, 4) is 0 Å². The van der Waals surface area contributed by atoms with E-state index in [1.54, 1.807) is 0 Å². The van der Waals surface area contributed by atoms with Gasteiger partial charge in [0.1, 0.15) is 48.8 Å². The monoisotopic (exact) mass is 1370 g/mol. The van der Waals surface area contributed by atoms with Crippen LogP contribution in [0, 0.1) is 0 Å². The molecule has 9 N–H and O–H groups in total. The average Bonchev–Trinajstić information content (AvgIpc) is 0.794. The fourth-order valence-corrected chi connectivity index (χ4v) is 13.0. The molecule has 2 heterocycles. The normalized spacial score (nSPS) is 22.6. The Morgan fingerprint density at radius 2 is 0.711 bits per heavy atom. The van der Waals surface area contributed by atoms with Gasteiger partial charge in [-0.15, -0.1) is 0 Å². The highest BCUT2D eigenvalue weighted by atomic mass is 16.7. The number of nitrogens with one attached hydrogen (secondary N) is 1. The number of ether oxygens (including phenoxy) is 4. The Balaban J connectivity index is 1.62. The number of rotatable bonds is 67. The molecule has 0 bridgehead atoms. The lowest BCUT2D eigenvalue weighted by atomic mass is 9.97. The van der Waals surface area contributed by atoms with Gasteiger partial charge in [0.05, 0.1) is 32.0 Å². The van der Waals surface area contributed by atoms with Crippen molar-refractivity contribution in [1.29, 1.82) is 0 Å². The second-order valence-corrected chi connectivity index (χ2v) is 28.2. The van der Waals surface area contributed by atoms with E-state index in [1.165, 1.54) is 212 Å². The minimum atomic E-state index is -1.79. The van der Waals surface area contributed by atoms with E-state index in [1.807, 2.05) is 0 Å². The van der Waals surface area contributed by atoms with Crippen LogP contribution in [0.15, 0.2) is 85.1 Å². The van der Waals surface area contributed by atoms with Crippen molar-refractivity contribution in [2.45, 2.75) is 415 Å². The number of hydrogen-bond donors (Lipinski definition) is 9. The highest BCUT2D eigenvalue weighted by Crippen LogP contribution is 2.30. The summed E-state index contributed by atoms with van der Waals surface area (Å²) in [6.45, 7) is 2.79. The van der Waals surface area contributed by atoms with E-state index in [2.05, 4.69) is 104 Å². The van der Waals surface area contributed by atoms with Gasteiger partial charge in [-0.1, -0.05) is 349 Å². The zero-order chi connectivity index (χ0) is 70.1. The Bertz CT molecular complexity index is 1950. The summed E-state index contributed by atoms with van der Waals surface area (Å²) in [6, 6.07) is -0.838. The highest BCUT2D eigenvalue weighted by molar-refractivity contribution is 5.76. The molecule has 0 radical (unpaired) electrons. The van der Waals surface area contributed by atoms with Gasteiger partial charge in [0, 0.05) is 6.42 Å². The van der Waals surface area contributed by atoms with Crippen LogP contribution in [-0.4, -0.2) is 140 Å². The average molecular weight is 1370 g/mol. The van der Waals surface area contributed by atoms with E-state index in [0.717, 1.165) is 103 Å². The largest absolute Gasteiger partial charge is 0.394 e. The lowest BCUT2D eigenvalue weighted by Crippen LogP contribution is -2.65. The summed E-state index contributed by atoms with van der Waals surface area (Å²) in [7, 11) is 0. The summed E-state index contributed by atoms with van der Waals surface area (Å²) in [5.74, 6) is -0.208. The van der Waals surface area contributed by atoms with Gasteiger partial charge >= 0.3 is 0 Å². The van der Waals surface area contributed by atoms with Gasteiger partial charge in [0.25, 0.3) is 0 Å². The molecular formula is C83H149NO13. The Labute approximate surface area is 592 Å². The summed E-state index contributed by atoms with van der Waals surface area (Å²) in [5.41, 5.74) is 0. The van der Waals surface area contributed by atoms with Crippen LogP contribution in [0.25, 0.3) is 0 Å². The van der Waals surface area contributed by atoms with E-state index < -0.39 is 86.8 Å². The molecule has 1 amide bonds. The number of aliphatic hydroxyl groups excluding tert-OH is 8.